The zero-order valence-corrected chi connectivity index (χ0v) is 7.24. The van der Waals surface area contributed by atoms with Crippen molar-refractivity contribution in [3.8, 4) is 0 Å². The second-order valence-electron chi connectivity index (χ2n) is 2.72. The SMILES string of the molecule is COCc1ncnc2[nH]cc(N)c12. The summed E-state index contributed by atoms with van der Waals surface area (Å²) in [7, 11) is 1.62. The number of anilines is 1. The summed E-state index contributed by atoms with van der Waals surface area (Å²) in [6.45, 7) is 0.446. The molecule has 0 atom stereocenters. The second-order valence-corrected chi connectivity index (χ2v) is 2.72. The highest BCUT2D eigenvalue weighted by Crippen LogP contribution is 2.21. The third-order valence-corrected chi connectivity index (χ3v) is 1.86. The van der Waals surface area contributed by atoms with Crippen molar-refractivity contribution in [2.45, 2.75) is 6.61 Å². The Morgan fingerprint density at radius 1 is 1.54 bits per heavy atom. The van der Waals surface area contributed by atoms with Gasteiger partial charge in [0.05, 0.1) is 23.4 Å². The summed E-state index contributed by atoms with van der Waals surface area (Å²) in [6.07, 6.45) is 3.20. The smallest absolute Gasteiger partial charge is 0.143 e. The lowest BCUT2D eigenvalue weighted by atomic mass is 10.2. The highest BCUT2D eigenvalue weighted by molar-refractivity contribution is 5.90. The molecule has 2 heterocycles. The average molecular weight is 178 g/mol. The van der Waals surface area contributed by atoms with Gasteiger partial charge in [-0.2, -0.15) is 0 Å². The van der Waals surface area contributed by atoms with Gasteiger partial charge in [-0.15, -0.1) is 0 Å². The van der Waals surface area contributed by atoms with Crippen LogP contribution < -0.4 is 5.73 Å². The lowest BCUT2D eigenvalue weighted by molar-refractivity contribution is 0.182. The summed E-state index contributed by atoms with van der Waals surface area (Å²) in [5.74, 6) is 0. The fourth-order valence-electron chi connectivity index (χ4n) is 1.30. The van der Waals surface area contributed by atoms with E-state index in [1.54, 1.807) is 13.3 Å². The minimum Gasteiger partial charge on any atom is -0.397 e. The predicted octanol–water partition coefficient (Wildman–Crippen LogP) is 0.686. The van der Waals surface area contributed by atoms with E-state index in [0.29, 0.717) is 12.3 Å². The van der Waals surface area contributed by atoms with E-state index in [1.165, 1.54) is 6.33 Å². The molecule has 0 saturated heterocycles. The van der Waals surface area contributed by atoms with Gasteiger partial charge in [0.15, 0.2) is 0 Å². The molecule has 5 nitrogen and oxygen atoms in total. The molecule has 0 aliphatic carbocycles. The van der Waals surface area contributed by atoms with Crippen LogP contribution in [0.3, 0.4) is 0 Å². The Hall–Kier alpha value is -1.62. The van der Waals surface area contributed by atoms with Gasteiger partial charge in [-0.3, -0.25) is 0 Å². The van der Waals surface area contributed by atoms with Gasteiger partial charge in [0.25, 0.3) is 0 Å². The number of aromatic amines is 1. The summed E-state index contributed by atoms with van der Waals surface area (Å²) in [6, 6.07) is 0. The van der Waals surface area contributed by atoms with Crippen molar-refractivity contribution in [1.29, 1.82) is 0 Å². The number of nitrogens with two attached hydrogens (primary N) is 1. The van der Waals surface area contributed by atoms with Crippen LogP contribution in [0.1, 0.15) is 5.69 Å². The highest BCUT2D eigenvalue weighted by Gasteiger charge is 2.07. The maximum Gasteiger partial charge on any atom is 0.143 e. The van der Waals surface area contributed by atoms with Crippen LogP contribution in [0, 0.1) is 0 Å². The molecule has 2 aromatic rings. The van der Waals surface area contributed by atoms with Crippen LogP contribution in [0.4, 0.5) is 5.69 Å². The molecule has 0 bridgehead atoms. The van der Waals surface area contributed by atoms with Crippen LogP contribution in [0.5, 0.6) is 0 Å². The van der Waals surface area contributed by atoms with Gasteiger partial charge < -0.3 is 15.5 Å². The van der Waals surface area contributed by atoms with Crippen molar-refractivity contribution in [3.63, 3.8) is 0 Å². The molecule has 0 radical (unpaired) electrons. The maximum absolute atomic E-state index is 5.74. The molecule has 2 aromatic heterocycles. The van der Waals surface area contributed by atoms with Gasteiger partial charge in [-0.05, 0) is 0 Å². The van der Waals surface area contributed by atoms with Crippen molar-refractivity contribution >= 4 is 16.7 Å². The van der Waals surface area contributed by atoms with E-state index >= 15 is 0 Å². The topological polar surface area (TPSA) is 76.8 Å². The fraction of sp³-hybridized carbons (Fsp3) is 0.250. The molecule has 5 heteroatoms. The standard InChI is InChI=1S/C8H10N4O/c1-13-3-6-7-5(9)2-10-8(7)12-4-11-6/h2,4H,3,9H2,1H3,(H,10,11,12). The molecular formula is C8H10N4O. The largest absolute Gasteiger partial charge is 0.397 e. The zero-order chi connectivity index (χ0) is 9.26. The fourth-order valence-corrected chi connectivity index (χ4v) is 1.30. The molecule has 0 aliphatic heterocycles. The summed E-state index contributed by atoms with van der Waals surface area (Å²) in [4.78, 5) is 11.1. The lowest BCUT2D eigenvalue weighted by Crippen LogP contribution is -1.95. The number of nitrogen functional groups attached to an aromatic ring is 1. The lowest BCUT2D eigenvalue weighted by Gasteiger charge is -2.00. The van der Waals surface area contributed by atoms with Crippen molar-refractivity contribution < 1.29 is 4.74 Å². The number of H-pyrrole nitrogens is 1. The van der Waals surface area contributed by atoms with Crippen LogP contribution in [-0.4, -0.2) is 22.1 Å². The molecule has 0 aliphatic rings. The molecule has 13 heavy (non-hydrogen) atoms. The minimum absolute atomic E-state index is 0.446. The van der Waals surface area contributed by atoms with Crippen LogP contribution in [0.2, 0.25) is 0 Å². The second kappa shape index (κ2) is 3.02. The molecule has 2 rings (SSSR count). The predicted molar refractivity (Wildman–Crippen MR) is 49.0 cm³/mol. The van der Waals surface area contributed by atoms with Gasteiger partial charge in [0.2, 0.25) is 0 Å². The maximum atomic E-state index is 5.74. The summed E-state index contributed by atoms with van der Waals surface area (Å²) < 4.78 is 5.00. The Labute approximate surface area is 74.9 Å². The molecule has 3 N–H and O–H groups in total. The zero-order valence-electron chi connectivity index (χ0n) is 7.24. The number of nitrogens with one attached hydrogen (secondary N) is 1. The van der Waals surface area contributed by atoms with E-state index in [4.69, 9.17) is 10.5 Å². The van der Waals surface area contributed by atoms with E-state index in [-0.39, 0.29) is 0 Å². The molecule has 0 unspecified atom stereocenters. The van der Waals surface area contributed by atoms with Crippen molar-refractivity contribution in [3.05, 3.63) is 18.2 Å². The minimum atomic E-state index is 0.446. The first-order valence-corrected chi connectivity index (χ1v) is 3.88. The molecule has 68 valence electrons. The van der Waals surface area contributed by atoms with E-state index in [1.807, 2.05) is 0 Å². The molecule has 0 fully saturated rings. The van der Waals surface area contributed by atoms with E-state index in [9.17, 15) is 0 Å². The van der Waals surface area contributed by atoms with E-state index < -0.39 is 0 Å². The monoisotopic (exact) mass is 178 g/mol. The van der Waals surface area contributed by atoms with Crippen molar-refractivity contribution in [2.75, 3.05) is 12.8 Å². The average Bonchev–Trinajstić information content (AvgIpc) is 2.50. The van der Waals surface area contributed by atoms with Gasteiger partial charge >= 0.3 is 0 Å². The van der Waals surface area contributed by atoms with Gasteiger partial charge in [-0.25, -0.2) is 9.97 Å². The Balaban J connectivity index is 2.65. The number of aromatic nitrogens is 3. The third kappa shape index (κ3) is 1.23. The summed E-state index contributed by atoms with van der Waals surface area (Å²) in [5, 5.41) is 0.851. The number of rotatable bonds is 2. The highest BCUT2D eigenvalue weighted by atomic mass is 16.5. The summed E-state index contributed by atoms with van der Waals surface area (Å²) >= 11 is 0. The molecule has 0 aromatic carbocycles. The van der Waals surface area contributed by atoms with Crippen molar-refractivity contribution in [2.24, 2.45) is 0 Å². The number of nitrogens with zero attached hydrogens (tertiary/aromatic N) is 2. The van der Waals surface area contributed by atoms with E-state index in [0.717, 1.165) is 16.7 Å². The van der Waals surface area contributed by atoms with Gasteiger partial charge in [0, 0.05) is 13.3 Å². The van der Waals surface area contributed by atoms with Crippen LogP contribution in [0.25, 0.3) is 11.0 Å². The molecule has 0 spiro atoms. The van der Waals surface area contributed by atoms with Gasteiger partial charge in [0.1, 0.15) is 12.0 Å². The van der Waals surface area contributed by atoms with Crippen LogP contribution in [-0.2, 0) is 11.3 Å². The third-order valence-electron chi connectivity index (χ3n) is 1.86. The number of hydrogen-bond acceptors (Lipinski definition) is 4. The van der Waals surface area contributed by atoms with Crippen LogP contribution in [0.15, 0.2) is 12.5 Å². The normalized spacial score (nSPS) is 10.8. The summed E-state index contributed by atoms with van der Waals surface area (Å²) in [5.41, 5.74) is 7.96. The Bertz CT molecular complexity index is 423. The molecule has 0 saturated carbocycles. The quantitative estimate of drug-likeness (QED) is 0.709. The number of ether oxygens (including phenoxy) is 1. The number of methoxy groups -OCH3 is 1. The first kappa shape index (κ1) is 8.00. The van der Waals surface area contributed by atoms with Crippen molar-refractivity contribution in [1.82, 2.24) is 15.0 Å². The molecular weight excluding hydrogens is 168 g/mol. The van der Waals surface area contributed by atoms with E-state index in [2.05, 4.69) is 15.0 Å². The van der Waals surface area contributed by atoms with Crippen LogP contribution >= 0.6 is 0 Å². The Morgan fingerprint density at radius 2 is 2.38 bits per heavy atom. The first-order chi connectivity index (χ1) is 6.33. The number of fused-ring (bicyclic) bond motifs is 1. The Kier molecular flexibility index (Phi) is 1.86. The molecule has 0 amide bonds. The first-order valence-electron chi connectivity index (χ1n) is 3.88. The van der Waals surface area contributed by atoms with Gasteiger partial charge in [-0.1, -0.05) is 0 Å². The Morgan fingerprint density at radius 3 is 3.15 bits per heavy atom. The number of hydrogen-bond donors (Lipinski definition) is 2.